The lowest BCUT2D eigenvalue weighted by atomic mass is 9.96. The zero-order valence-electron chi connectivity index (χ0n) is 14.7. The fraction of sp³-hybridized carbons (Fsp3) is 0.238. The molecule has 1 aromatic heterocycles. The zero-order valence-corrected chi connectivity index (χ0v) is 14.7. The first-order chi connectivity index (χ1) is 13.1. The second kappa shape index (κ2) is 7.23. The van der Waals surface area contributed by atoms with Crippen LogP contribution in [0.2, 0.25) is 0 Å². The van der Waals surface area contributed by atoms with Gasteiger partial charge >= 0.3 is 0 Å². The van der Waals surface area contributed by atoms with Crippen molar-refractivity contribution in [3.8, 4) is 0 Å². The maximum absolute atomic E-state index is 13.0. The van der Waals surface area contributed by atoms with Gasteiger partial charge < -0.3 is 15.2 Å². The van der Waals surface area contributed by atoms with Crippen molar-refractivity contribution in [1.29, 1.82) is 0 Å². The van der Waals surface area contributed by atoms with E-state index in [1.807, 2.05) is 30.3 Å². The number of H-pyrrole nitrogens is 1. The summed E-state index contributed by atoms with van der Waals surface area (Å²) in [6, 6.07) is 15.3. The van der Waals surface area contributed by atoms with E-state index in [2.05, 4.69) is 10.3 Å². The number of aromatic nitrogens is 1. The summed E-state index contributed by atoms with van der Waals surface area (Å²) in [7, 11) is 0. The minimum Gasteiger partial charge on any atom is -0.351 e. The Bertz CT molecular complexity index is 948. The molecule has 1 aliphatic heterocycles. The first kappa shape index (κ1) is 17.3. The Balaban J connectivity index is 1.44. The van der Waals surface area contributed by atoms with Crippen LogP contribution in [0.3, 0.4) is 0 Å². The van der Waals surface area contributed by atoms with Gasteiger partial charge in [-0.1, -0.05) is 18.2 Å². The molecule has 5 nitrogen and oxygen atoms in total. The summed E-state index contributed by atoms with van der Waals surface area (Å²) in [6.07, 6.45) is 1.50. The Labute approximate surface area is 156 Å². The minimum atomic E-state index is -0.347. The number of para-hydroxylation sites is 1. The van der Waals surface area contributed by atoms with Gasteiger partial charge in [-0.05, 0) is 49.2 Å². The number of amides is 2. The molecule has 27 heavy (non-hydrogen) atoms. The zero-order chi connectivity index (χ0) is 18.8. The lowest BCUT2D eigenvalue weighted by molar-refractivity contribution is -0.121. The Kier molecular flexibility index (Phi) is 4.62. The Morgan fingerprint density at radius 2 is 1.89 bits per heavy atom. The lowest BCUT2D eigenvalue weighted by Crippen LogP contribution is -2.43. The number of nitrogens with one attached hydrogen (secondary N) is 2. The fourth-order valence-electron chi connectivity index (χ4n) is 3.51. The van der Waals surface area contributed by atoms with E-state index in [-0.39, 0.29) is 23.5 Å². The maximum atomic E-state index is 13.0. The molecule has 0 unspecified atom stereocenters. The second-order valence-corrected chi connectivity index (χ2v) is 6.86. The summed E-state index contributed by atoms with van der Waals surface area (Å²) in [5, 5.41) is 3.80. The molecular formula is C21H20FN3O2. The van der Waals surface area contributed by atoms with Crippen LogP contribution in [0.1, 0.15) is 23.3 Å². The first-order valence-corrected chi connectivity index (χ1v) is 9.03. The predicted molar refractivity (Wildman–Crippen MR) is 102 cm³/mol. The van der Waals surface area contributed by atoms with E-state index in [9.17, 15) is 14.0 Å². The number of aromatic amines is 1. The number of likely N-dealkylation sites (tertiary alicyclic amines) is 1. The molecule has 2 N–H and O–H groups in total. The number of hydrogen-bond acceptors (Lipinski definition) is 2. The van der Waals surface area contributed by atoms with Gasteiger partial charge in [0.15, 0.2) is 0 Å². The Morgan fingerprint density at radius 3 is 2.67 bits per heavy atom. The van der Waals surface area contributed by atoms with Crippen LogP contribution in [0.5, 0.6) is 0 Å². The molecule has 138 valence electrons. The molecule has 1 fully saturated rings. The first-order valence-electron chi connectivity index (χ1n) is 9.03. The standard InChI is InChI=1S/C21H20FN3O2/c22-16-7-9-17(10-8-16)23-20(26)15-5-3-11-25(13-15)21(27)19-12-14-4-1-2-6-18(14)24-19/h1-2,4,6-10,12,15,24H,3,5,11,13H2,(H,23,26)/t15-/m1/s1. The van der Waals surface area contributed by atoms with Crippen molar-refractivity contribution in [2.24, 2.45) is 5.92 Å². The van der Waals surface area contributed by atoms with Crippen LogP contribution in [-0.2, 0) is 4.79 Å². The molecule has 0 aliphatic carbocycles. The Hall–Kier alpha value is -3.15. The van der Waals surface area contributed by atoms with E-state index in [0.717, 1.165) is 23.7 Å². The summed E-state index contributed by atoms with van der Waals surface area (Å²) in [5.74, 6) is -0.862. The minimum absolute atomic E-state index is 0.0921. The van der Waals surface area contributed by atoms with Gasteiger partial charge in [0.25, 0.3) is 5.91 Å². The molecule has 1 atom stereocenters. The number of anilines is 1. The van der Waals surface area contributed by atoms with Crippen LogP contribution in [0.15, 0.2) is 54.6 Å². The van der Waals surface area contributed by atoms with Crippen LogP contribution in [0.25, 0.3) is 10.9 Å². The molecule has 6 heteroatoms. The molecule has 3 aromatic rings. The smallest absolute Gasteiger partial charge is 0.270 e. The number of benzene rings is 2. The predicted octanol–water partition coefficient (Wildman–Crippen LogP) is 3.80. The van der Waals surface area contributed by atoms with Crippen molar-refractivity contribution < 1.29 is 14.0 Å². The highest BCUT2D eigenvalue weighted by molar-refractivity contribution is 5.99. The summed E-state index contributed by atoms with van der Waals surface area (Å²) >= 11 is 0. The molecule has 0 radical (unpaired) electrons. The summed E-state index contributed by atoms with van der Waals surface area (Å²) in [5.41, 5.74) is 2.01. The average molecular weight is 365 g/mol. The van der Waals surface area contributed by atoms with Gasteiger partial charge in [0.2, 0.25) is 5.91 Å². The van der Waals surface area contributed by atoms with E-state index in [0.29, 0.717) is 24.5 Å². The number of fused-ring (bicyclic) bond motifs is 1. The van der Waals surface area contributed by atoms with Crippen molar-refractivity contribution in [2.75, 3.05) is 18.4 Å². The van der Waals surface area contributed by atoms with Crippen molar-refractivity contribution in [3.63, 3.8) is 0 Å². The third-order valence-corrected chi connectivity index (χ3v) is 4.95. The van der Waals surface area contributed by atoms with E-state index in [1.165, 1.54) is 24.3 Å². The number of rotatable bonds is 3. The monoisotopic (exact) mass is 365 g/mol. The van der Waals surface area contributed by atoms with Crippen LogP contribution >= 0.6 is 0 Å². The van der Waals surface area contributed by atoms with E-state index in [1.54, 1.807) is 4.90 Å². The number of halogens is 1. The van der Waals surface area contributed by atoms with Crippen LogP contribution in [0.4, 0.5) is 10.1 Å². The van der Waals surface area contributed by atoms with E-state index in [4.69, 9.17) is 0 Å². The number of carbonyl (C=O) groups is 2. The summed E-state index contributed by atoms with van der Waals surface area (Å²) < 4.78 is 13.0. The Morgan fingerprint density at radius 1 is 1.11 bits per heavy atom. The quantitative estimate of drug-likeness (QED) is 0.741. The third-order valence-electron chi connectivity index (χ3n) is 4.95. The maximum Gasteiger partial charge on any atom is 0.270 e. The summed E-state index contributed by atoms with van der Waals surface area (Å²) in [6.45, 7) is 1.01. The van der Waals surface area contributed by atoms with Gasteiger partial charge in [-0.2, -0.15) is 0 Å². The number of piperidine rings is 1. The highest BCUT2D eigenvalue weighted by atomic mass is 19.1. The highest BCUT2D eigenvalue weighted by Crippen LogP contribution is 2.22. The molecular weight excluding hydrogens is 345 g/mol. The largest absolute Gasteiger partial charge is 0.351 e. The normalized spacial score (nSPS) is 17.1. The summed E-state index contributed by atoms with van der Waals surface area (Å²) in [4.78, 5) is 30.3. The fourth-order valence-corrected chi connectivity index (χ4v) is 3.51. The van der Waals surface area contributed by atoms with Gasteiger partial charge in [0, 0.05) is 29.7 Å². The van der Waals surface area contributed by atoms with Gasteiger partial charge in [-0.25, -0.2) is 4.39 Å². The molecule has 0 bridgehead atoms. The van der Waals surface area contributed by atoms with Crippen molar-refractivity contribution in [1.82, 2.24) is 9.88 Å². The van der Waals surface area contributed by atoms with Crippen molar-refractivity contribution in [2.45, 2.75) is 12.8 Å². The SMILES string of the molecule is O=C(Nc1ccc(F)cc1)[C@@H]1CCCN(C(=O)c2cc3ccccc3[nH]2)C1. The topological polar surface area (TPSA) is 65.2 Å². The van der Waals surface area contributed by atoms with Gasteiger partial charge in [0.1, 0.15) is 11.5 Å². The second-order valence-electron chi connectivity index (χ2n) is 6.86. The number of nitrogens with zero attached hydrogens (tertiary/aromatic N) is 1. The van der Waals surface area contributed by atoms with Gasteiger partial charge in [-0.3, -0.25) is 9.59 Å². The molecule has 4 rings (SSSR count). The van der Waals surface area contributed by atoms with E-state index < -0.39 is 0 Å². The van der Waals surface area contributed by atoms with Gasteiger partial charge in [0.05, 0.1) is 5.92 Å². The number of hydrogen-bond donors (Lipinski definition) is 2. The van der Waals surface area contributed by atoms with Crippen LogP contribution in [0, 0.1) is 11.7 Å². The molecule has 1 saturated heterocycles. The van der Waals surface area contributed by atoms with Crippen LogP contribution < -0.4 is 5.32 Å². The lowest BCUT2D eigenvalue weighted by Gasteiger charge is -2.31. The van der Waals surface area contributed by atoms with Gasteiger partial charge in [-0.15, -0.1) is 0 Å². The molecule has 2 heterocycles. The highest BCUT2D eigenvalue weighted by Gasteiger charge is 2.29. The molecule has 2 amide bonds. The average Bonchev–Trinajstić information content (AvgIpc) is 3.13. The van der Waals surface area contributed by atoms with Crippen molar-refractivity contribution in [3.05, 3.63) is 66.1 Å². The number of carbonyl (C=O) groups excluding carboxylic acids is 2. The van der Waals surface area contributed by atoms with Crippen LogP contribution in [-0.4, -0.2) is 34.8 Å². The third kappa shape index (κ3) is 3.69. The van der Waals surface area contributed by atoms with E-state index >= 15 is 0 Å². The molecule has 1 aliphatic rings. The molecule has 0 saturated carbocycles. The van der Waals surface area contributed by atoms with Crippen molar-refractivity contribution >= 4 is 28.4 Å². The molecule has 0 spiro atoms. The molecule has 2 aromatic carbocycles.